The van der Waals surface area contributed by atoms with Gasteiger partial charge in [0.1, 0.15) is 0 Å². The van der Waals surface area contributed by atoms with Crippen molar-refractivity contribution in [2.75, 3.05) is 6.54 Å². The average Bonchev–Trinajstić information content (AvgIpc) is 3.72. The fourth-order valence-corrected chi connectivity index (χ4v) is 7.34. The Bertz CT molecular complexity index is 1110. The molecular weight excluding hydrogens is 414 g/mol. The number of hydrogen-bond donors (Lipinski definition) is 1. The van der Waals surface area contributed by atoms with Crippen LogP contribution in [0.5, 0.6) is 0 Å². The normalized spacial score (nSPS) is 32.5. The van der Waals surface area contributed by atoms with Crippen LogP contribution in [0.3, 0.4) is 0 Å². The van der Waals surface area contributed by atoms with Crippen molar-refractivity contribution in [3.63, 3.8) is 0 Å². The lowest BCUT2D eigenvalue weighted by atomic mass is 9.71. The minimum absolute atomic E-state index is 0.109. The Hall–Kier alpha value is -2.11. The highest BCUT2D eigenvalue weighted by molar-refractivity contribution is 5.79. The van der Waals surface area contributed by atoms with E-state index in [1.807, 2.05) is 0 Å². The van der Waals surface area contributed by atoms with Gasteiger partial charge in [0.2, 0.25) is 5.91 Å². The van der Waals surface area contributed by atoms with Crippen LogP contribution in [-0.4, -0.2) is 44.3 Å². The van der Waals surface area contributed by atoms with Crippen LogP contribution < -0.4 is 10.6 Å². The van der Waals surface area contributed by atoms with Crippen LogP contribution in [0.15, 0.2) is 0 Å². The van der Waals surface area contributed by atoms with Gasteiger partial charge in [0, 0.05) is 36.7 Å². The van der Waals surface area contributed by atoms with Gasteiger partial charge < -0.3 is 10.0 Å². The molecule has 1 aromatic rings. The third-order valence-corrected chi connectivity index (χ3v) is 9.31. The number of fused-ring (bicyclic) bond motifs is 2. The lowest BCUT2D eigenvalue weighted by Crippen LogP contribution is -2.53. The number of hydrogen-bond acceptors (Lipinski definition) is 3. The Labute approximate surface area is 195 Å². The molecule has 4 aliphatic carbocycles. The predicted octanol–water partition coefficient (Wildman–Crippen LogP) is 2.71. The highest BCUT2D eigenvalue weighted by atomic mass is 16.4. The first kappa shape index (κ1) is 21.4. The standard InChI is InChI=1S/C27H37N3O3/c1-16-13-20(17-8-9-17)24-22(14-16)29(2)28-25(24)27(10-11-27)15-23(31)30-12-4-6-18-19(26(32)33)5-3-7-21(18)30/h14,16-19,21H,3-13,15H2,1-2H3,(H,32,33). The number of carbonyl (C=O) groups excluding carboxylic acids is 1. The second kappa shape index (κ2) is 7.71. The molecule has 1 amide bonds. The van der Waals surface area contributed by atoms with Crippen molar-refractivity contribution in [2.45, 2.75) is 89.0 Å². The summed E-state index contributed by atoms with van der Waals surface area (Å²) in [4.78, 5) is 27.7. The molecule has 0 spiro atoms. The molecular formula is C27H37N3O3. The van der Waals surface area contributed by atoms with Gasteiger partial charge in [0.05, 0.1) is 17.0 Å². The number of carboxylic acid groups (broad SMARTS) is 1. The number of rotatable bonds is 5. The summed E-state index contributed by atoms with van der Waals surface area (Å²) in [6, 6.07) is 0.109. The number of carboxylic acids is 1. The fourth-order valence-electron chi connectivity index (χ4n) is 7.34. The highest BCUT2D eigenvalue weighted by Crippen LogP contribution is 2.51. The van der Waals surface area contributed by atoms with Gasteiger partial charge in [-0.25, -0.2) is 0 Å². The van der Waals surface area contributed by atoms with Gasteiger partial charge in [-0.05, 0) is 75.5 Å². The zero-order valence-electron chi connectivity index (χ0n) is 20.1. The number of carbonyl (C=O) groups is 2. The van der Waals surface area contributed by atoms with Crippen LogP contribution in [0, 0.1) is 23.7 Å². The third-order valence-electron chi connectivity index (χ3n) is 9.31. The van der Waals surface area contributed by atoms with Gasteiger partial charge in [-0.3, -0.25) is 14.3 Å². The quantitative estimate of drug-likeness (QED) is 0.747. The number of piperidine rings is 1. The lowest BCUT2D eigenvalue weighted by Gasteiger charge is -2.46. The second-order valence-electron chi connectivity index (χ2n) is 11.7. The fraction of sp³-hybridized carbons (Fsp3) is 0.741. The third kappa shape index (κ3) is 3.55. The van der Waals surface area contributed by atoms with E-state index in [0.29, 0.717) is 18.3 Å². The predicted molar refractivity (Wildman–Crippen MR) is 126 cm³/mol. The monoisotopic (exact) mass is 451 g/mol. The first-order valence-corrected chi connectivity index (χ1v) is 13.2. The van der Waals surface area contributed by atoms with Crippen LogP contribution in [0.1, 0.15) is 83.2 Å². The van der Waals surface area contributed by atoms with Gasteiger partial charge in [-0.2, -0.15) is 5.10 Å². The Kier molecular flexibility index (Phi) is 5.00. The van der Waals surface area contributed by atoms with E-state index in [1.54, 1.807) is 5.57 Å². The summed E-state index contributed by atoms with van der Waals surface area (Å²) in [5.41, 5.74) is 2.65. The summed E-state index contributed by atoms with van der Waals surface area (Å²) >= 11 is 0. The Morgan fingerprint density at radius 2 is 1.94 bits per heavy atom. The maximum atomic E-state index is 13.7. The van der Waals surface area contributed by atoms with Crippen molar-refractivity contribution < 1.29 is 14.7 Å². The molecule has 5 aliphatic rings. The van der Waals surface area contributed by atoms with Crippen molar-refractivity contribution in [3.05, 3.63) is 16.3 Å². The van der Waals surface area contributed by atoms with Crippen LogP contribution >= 0.6 is 0 Å². The molecule has 4 atom stereocenters. The van der Waals surface area contributed by atoms with Gasteiger partial charge in [-0.15, -0.1) is 0 Å². The molecule has 2 heterocycles. The molecule has 33 heavy (non-hydrogen) atoms. The van der Waals surface area contributed by atoms with Crippen LogP contribution in [-0.2, 0) is 22.1 Å². The van der Waals surface area contributed by atoms with Crippen molar-refractivity contribution in [2.24, 2.45) is 30.7 Å². The molecule has 1 N–H and O–H groups in total. The molecule has 0 aromatic carbocycles. The van der Waals surface area contributed by atoms with E-state index in [-0.39, 0.29) is 29.2 Å². The summed E-state index contributed by atoms with van der Waals surface area (Å²) in [6.45, 7) is 3.09. The molecule has 0 radical (unpaired) electrons. The minimum Gasteiger partial charge on any atom is -0.481 e. The molecule has 4 fully saturated rings. The molecule has 6 nitrogen and oxygen atoms in total. The molecule has 1 aliphatic heterocycles. The summed E-state index contributed by atoms with van der Waals surface area (Å²) in [7, 11) is 2.06. The minimum atomic E-state index is -0.675. The topological polar surface area (TPSA) is 75.4 Å². The van der Waals surface area contributed by atoms with Crippen molar-refractivity contribution in [1.29, 1.82) is 0 Å². The van der Waals surface area contributed by atoms with Gasteiger partial charge in [0.25, 0.3) is 0 Å². The van der Waals surface area contributed by atoms with Crippen LogP contribution in [0.2, 0.25) is 0 Å². The number of aromatic nitrogens is 2. The van der Waals surface area contributed by atoms with E-state index in [2.05, 4.69) is 29.6 Å². The van der Waals surface area contributed by atoms with E-state index >= 15 is 0 Å². The van der Waals surface area contributed by atoms with E-state index in [1.165, 1.54) is 29.1 Å². The van der Waals surface area contributed by atoms with Crippen LogP contribution in [0.25, 0.3) is 11.6 Å². The summed E-state index contributed by atoms with van der Waals surface area (Å²) in [5.74, 6) is 0.655. The van der Waals surface area contributed by atoms with E-state index in [4.69, 9.17) is 5.10 Å². The average molecular weight is 452 g/mol. The van der Waals surface area contributed by atoms with Crippen molar-refractivity contribution in [3.8, 4) is 0 Å². The first-order valence-electron chi connectivity index (χ1n) is 13.2. The molecule has 6 rings (SSSR count). The molecule has 1 saturated heterocycles. The van der Waals surface area contributed by atoms with Crippen molar-refractivity contribution >= 4 is 23.5 Å². The van der Waals surface area contributed by atoms with E-state index in [0.717, 1.165) is 57.9 Å². The summed E-state index contributed by atoms with van der Waals surface area (Å²) in [5, 5.41) is 17.4. The zero-order chi connectivity index (χ0) is 22.9. The van der Waals surface area contributed by atoms with Gasteiger partial charge >= 0.3 is 5.97 Å². The molecule has 3 saturated carbocycles. The number of likely N-dealkylation sites (tertiary alicyclic amines) is 1. The molecule has 178 valence electrons. The van der Waals surface area contributed by atoms with Gasteiger partial charge in [0.15, 0.2) is 0 Å². The zero-order valence-corrected chi connectivity index (χ0v) is 20.1. The number of amides is 1. The maximum absolute atomic E-state index is 13.7. The Morgan fingerprint density at radius 1 is 1.15 bits per heavy atom. The SMILES string of the molecule is CC1C=c2c(c(C3(CC(=O)N4CCCC5C(C(=O)O)CCCC54)CC3)nn2C)=C(C2CC2)C1. The van der Waals surface area contributed by atoms with Crippen LogP contribution in [0.4, 0.5) is 0 Å². The second-order valence-corrected chi connectivity index (χ2v) is 11.7. The smallest absolute Gasteiger partial charge is 0.306 e. The first-order chi connectivity index (χ1) is 15.9. The van der Waals surface area contributed by atoms with E-state index in [9.17, 15) is 14.7 Å². The highest BCUT2D eigenvalue weighted by Gasteiger charge is 2.52. The van der Waals surface area contributed by atoms with Gasteiger partial charge in [-0.1, -0.05) is 25.0 Å². The molecule has 6 heteroatoms. The largest absolute Gasteiger partial charge is 0.481 e. The number of nitrogens with zero attached hydrogens (tertiary/aromatic N) is 3. The maximum Gasteiger partial charge on any atom is 0.306 e. The Balaban J connectivity index is 1.31. The van der Waals surface area contributed by atoms with E-state index < -0.39 is 5.97 Å². The number of aliphatic carboxylic acids is 1. The van der Waals surface area contributed by atoms with Crippen molar-refractivity contribution in [1.82, 2.24) is 14.7 Å². The summed E-state index contributed by atoms with van der Waals surface area (Å²) < 4.78 is 2.06. The number of aryl methyl sites for hydroxylation is 1. The molecule has 4 unspecified atom stereocenters. The molecule has 0 bridgehead atoms. The summed E-state index contributed by atoms with van der Waals surface area (Å²) in [6.07, 6.45) is 13.2. The lowest BCUT2D eigenvalue weighted by molar-refractivity contribution is -0.152. The Morgan fingerprint density at radius 3 is 2.64 bits per heavy atom. The molecule has 1 aromatic heterocycles.